The maximum atomic E-state index is 11.3. The molecule has 110 valence electrons. The summed E-state index contributed by atoms with van der Waals surface area (Å²) in [6.45, 7) is 2.53. The average Bonchev–Trinajstić information content (AvgIpc) is 2.47. The molecule has 0 amide bonds. The molecule has 0 aliphatic heterocycles. The summed E-state index contributed by atoms with van der Waals surface area (Å²) in [5.41, 5.74) is 0.202. The Balaban J connectivity index is 2.39. The average molecular weight is 309 g/mol. The van der Waals surface area contributed by atoms with Crippen LogP contribution in [0.2, 0.25) is 5.15 Å². The summed E-state index contributed by atoms with van der Waals surface area (Å²) in [5, 5.41) is 17.2. The molecule has 2 aromatic rings. The molecule has 0 saturated heterocycles. The van der Waals surface area contributed by atoms with Gasteiger partial charge in [-0.25, -0.2) is 15.0 Å². The summed E-state index contributed by atoms with van der Waals surface area (Å²) >= 11 is 5.93. The molecule has 0 saturated carbocycles. The number of pyridine rings is 1. The van der Waals surface area contributed by atoms with Crippen molar-refractivity contribution in [1.82, 2.24) is 15.0 Å². The molecule has 0 spiro atoms. The van der Waals surface area contributed by atoms with Crippen molar-refractivity contribution in [3.63, 3.8) is 0 Å². The van der Waals surface area contributed by atoms with Gasteiger partial charge in [0.2, 0.25) is 11.6 Å². The number of aromatic nitrogens is 3. The van der Waals surface area contributed by atoms with Crippen LogP contribution >= 0.6 is 11.6 Å². The number of halogens is 1. The normalized spacial score (nSPS) is 10.2. The Hall–Kier alpha value is -2.48. The van der Waals surface area contributed by atoms with Gasteiger partial charge in [-0.1, -0.05) is 18.5 Å². The minimum atomic E-state index is -0.537. The second kappa shape index (κ2) is 6.80. The smallest absolute Gasteiger partial charge is 0.353 e. The molecular formula is C12H13ClN6O2. The summed E-state index contributed by atoms with van der Waals surface area (Å²) in [6, 6.07) is 3.32. The standard InChI is InChI=1S/C12H13ClN6O2/c1-2-5-15-11-9(19(20)21)12(17-7-16-11)18-8-4-3-6-14-10(8)13/h3-4,6-7H,2,5H2,1H3,(H2,15,16,17,18). The van der Waals surface area contributed by atoms with Gasteiger partial charge < -0.3 is 10.6 Å². The van der Waals surface area contributed by atoms with E-state index in [-0.39, 0.29) is 22.5 Å². The third-order valence-corrected chi connectivity index (χ3v) is 2.86. The minimum Gasteiger partial charge on any atom is -0.364 e. The third kappa shape index (κ3) is 3.54. The van der Waals surface area contributed by atoms with E-state index in [0.29, 0.717) is 12.2 Å². The topological polar surface area (TPSA) is 106 Å². The van der Waals surface area contributed by atoms with E-state index in [4.69, 9.17) is 11.6 Å². The molecule has 0 unspecified atom stereocenters. The molecule has 0 aromatic carbocycles. The van der Waals surface area contributed by atoms with Gasteiger partial charge in [0.25, 0.3) is 0 Å². The predicted octanol–water partition coefficient (Wildman–Crippen LogP) is 3.00. The highest BCUT2D eigenvalue weighted by atomic mass is 35.5. The van der Waals surface area contributed by atoms with Gasteiger partial charge in [0.15, 0.2) is 5.15 Å². The molecule has 2 rings (SSSR count). The predicted molar refractivity (Wildman–Crippen MR) is 80.0 cm³/mol. The van der Waals surface area contributed by atoms with Crippen LogP contribution in [0, 0.1) is 10.1 Å². The molecule has 0 radical (unpaired) electrons. The zero-order valence-corrected chi connectivity index (χ0v) is 12.0. The van der Waals surface area contributed by atoms with Crippen molar-refractivity contribution in [2.45, 2.75) is 13.3 Å². The van der Waals surface area contributed by atoms with Crippen molar-refractivity contribution < 1.29 is 4.92 Å². The fraction of sp³-hybridized carbons (Fsp3) is 0.250. The van der Waals surface area contributed by atoms with Crippen LogP contribution in [0.4, 0.5) is 23.0 Å². The molecule has 0 bridgehead atoms. The lowest BCUT2D eigenvalue weighted by atomic mass is 10.3. The second-order valence-electron chi connectivity index (χ2n) is 4.07. The van der Waals surface area contributed by atoms with E-state index in [1.165, 1.54) is 12.5 Å². The van der Waals surface area contributed by atoms with Crippen LogP contribution in [0.5, 0.6) is 0 Å². The van der Waals surface area contributed by atoms with Crippen LogP contribution in [0.3, 0.4) is 0 Å². The number of nitrogens with zero attached hydrogens (tertiary/aromatic N) is 4. The van der Waals surface area contributed by atoms with Crippen LogP contribution in [-0.4, -0.2) is 26.4 Å². The lowest BCUT2D eigenvalue weighted by Crippen LogP contribution is -2.08. The van der Waals surface area contributed by atoms with E-state index in [9.17, 15) is 10.1 Å². The summed E-state index contributed by atoms with van der Waals surface area (Å²) in [6.07, 6.45) is 3.59. The zero-order valence-electron chi connectivity index (χ0n) is 11.2. The number of nitro groups is 1. The molecule has 0 fully saturated rings. The molecule has 0 aliphatic rings. The van der Waals surface area contributed by atoms with E-state index in [0.717, 1.165) is 6.42 Å². The van der Waals surface area contributed by atoms with E-state index >= 15 is 0 Å². The Bertz CT molecular complexity index is 651. The number of hydrogen-bond acceptors (Lipinski definition) is 7. The van der Waals surface area contributed by atoms with Crippen molar-refractivity contribution in [3.8, 4) is 0 Å². The van der Waals surface area contributed by atoms with E-state index in [1.807, 2.05) is 6.92 Å². The fourth-order valence-corrected chi connectivity index (χ4v) is 1.79. The van der Waals surface area contributed by atoms with Gasteiger partial charge in [0.1, 0.15) is 6.33 Å². The maximum absolute atomic E-state index is 11.3. The summed E-state index contributed by atoms with van der Waals surface area (Å²) in [4.78, 5) is 22.5. The highest BCUT2D eigenvalue weighted by molar-refractivity contribution is 6.32. The first-order valence-electron chi connectivity index (χ1n) is 6.24. The lowest BCUT2D eigenvalue weighted by Gasteiger charge is -2.10. The zero-order chi connectivity index (χ0) is 15.2. The Morgan fingerprint density at radius 2 is 2.10 bits per heavy atom. The van der Waals surface area contributed by atoms with Gasteiger partial charge >= 0.3 is 5.69 Å². The SMILES string of the molecule is CCCNc1ncnc(Nc2cccnc2Cl)c1[N+](=O)[O-]. The maximum Gasteiger partial charge on any atom is 0.353 e. The Morgan fingerprint density at radius 1 is 1.33 bits per heavy atom. The molecule has 2 N–H and O–H groups in total. The number of hydrogen-bond donors (Lipinski definition) is 2. The highest BCUT2D eigenvalue weighted by Gasteiger charge is 2.23. The summed E-state index contributed by atoms with van der Waals surface area (Å²) in [7, 11) is 0. The molecular weight excluding hydrogens is 296 g/mol. The van der Waals surface area contributed by atoms with Crippen molar-refractivity contribution in [1.29, 1.82) is 0 Å². The van der Waals surface area contributed by atoms with E-state index < -0.39 is 4.92 Å². The lowest BCUT2D eigenvalue weighted by molar-refractivity contribution is -0.383. The number of nitrogens with one attached hydrogen (secondary N) is 2. The minimum absolute atomic E-state index is 0.0588. The van der Waals surface area contributed by atoms with E-state index in [2.05, 4.69) is 25.6 Å². The van der Waals surface area contributed by atoms with Gasteiger partial charge in [0.05, 0.1) is 10.6 Å². The number of rotatable bonds is 6. The quantitative estimate of drug-likeness (QED) is 0.480. The molecule has 8 nitrogen and oxygen atoms in total. The van der Waals surface area contributed by atoms with Gasteiger partial charge in [-0.3, -0.25) is 10.1 Å². The van der Waals surface area contributed by atoms with E-state index in [1.54, 1.807) is 12.1 Å². The fourth-order valence-electron chi connectivity index (χ4n) is 1.62. The van der Waals surface area contributed by atoms with Crippen molar-refractivity contribution in [2.75, 3.05) is 17.2 Å². The molecule has 2 heterocycles. The van der Waals surface area contributed by atoms with Gasteiger partial charge in [-0.05, 0) is 18.6 Å². The first-order chi connectivity index (χ1) is 10.1. The van der Waals surface area contributed by atoms with Crippen LogP contribution in [0.25, 0.3) is 0 Å². The molecule has 2 aromatic heterocycles. The summed E-state index contributed by atoms with van der Waals surface area (Å²) in [5.74, 6) is 0.225. The molecule has 9 heteroatoms. The number of anilines is 3. The van der Waals surface area contributed by atoms with Gasteiger partial charge in [-0.15, -0.1) is 0 Å². The Morgan fingerprint density at radius 3 is 2.76 bits per heavy atom. The van der Waals surface area contributed by atoms with Crippen molar-refractivity contribution >= 4 is 34.6 Å². The van der Waals surface area contributed by atoms with Crippen molar-refractivity contribution in [3.05, 3.63) is 39.9 Å². The third-order valence-electron chi connectivity index (χ3n) is 2.56. The Kier molecular flexibility index (Phi) is 4.83. The van der Waals surface area contributed by atoms with Gasteiger partial charge in [0, 0.05) is 12.7 Å². The van der Waals surface area contributed by atoms with Crippen LogP contribution < -0.4 is 10.6 Å². The molecule has 0 aliphatic carbocycles. The monoisotopic (exact) mass is 308 g/mol. The summed E-state index contributed by atoms with van der Waals surface area (Å²) < 4.78 is 0. The molecule has 0 atom stereocenters. The largest absolute Gasteiger partial charge is 0.364 e. The Labute approximate surface area is 125 Å². The van der Waals surface area contributed by atoms with Crippen LogP contribution in [-0.2, 0) is 0 Å². The first-order valence-corrected chi connectivity index (χ1v) is 6.62. The van der Waals surface area contributed by atoms with Gasteiger partial charge in [-0.2, -0.15) is 0 Å². The van der Waals surface area contributed by atoms with Crippen LogP contribution in [0.15, 0.2) is 24.7 Å². The molecule has 21 heavy (non-hydrogen) atoms. The van der Waals surface area contributed by atoms with Crippen LogP contribution in [0.1, 0.15) is 13.3 Å². The van der Waals surface area contributed by atoms with Crippen molar-refractivity contribution in [2.24, 2.45) is 0 Å². The second-order valence-corrected chi connectivity index (χ2v) is 4.43. The highest BCUT2D eigenvalue weighted by Crippen LogP contribution is 2.32. The first kappa shape index (κ1) is 14.9.